The second-order valence-corrected chi connectivity index (χ2v) is 9.18. The maximum absolute atomic E-state index is 14.0. The van der Waals surface area contributed by atoms with Crippen molar-refractivity contribution in [3.63, 3.8) is 0 Å². The van der Waals surface area contributed by atoms with Crippen LogP contribution in [0.15, 0.2) is 60.7 Å². The lowest BCUT2D eigenvalue weighted by Crippen LogP contribution is -2.48. The number of hydrogen-bond acceptors (Lipinski definition) is 5. The van der Waals surface area contributed by atoms with Crippen LogP contribution in [0.25, 0.3) is 0 Å². The predicted octanol–water partition coefficient (Wildman–Crippen LogP) is 4.51. The van der Waals surface area contributed by atoms with Crippen molar-refractivity contribution in [1.29, 1.82) is 0 Å². The van der Waals surface area contributed by atoms with Gasteiger partial charge in [-0.15, -0.1) is 0 Å². The number of ether oxygens (including phenoxy) is 1. The van der Waals surface area contributed by atoms with E-state index in [1.165, 1.54) is 18.7 Å². The Morgan fingerprint density at radius 1 is 1.06 bits per heavy atom. The van der Waals surface area contributed by atoms with Gasteiger partial charge in [-0.25, -0.2) is 4.68 Å². The number of rotatable bonds is 5. The smallest absolute Gasteiger partial charge is 0.410 e. The highest BCUT2D eigenvalue weighted by atomic mass is 19.4. The first-order valence-electron chi connectivity index (χ1n) is 11.9. The van der Waals surface area contributed by atoms with E-state index >= 15 is 0 Å². The maximum atomic E-state index is 14.0. The Labute approximate surface area is 207 Å². The Morgan fingerprint density at radius 3 is 2.39 bits per heavy atom. The van der Waals surface area contributed by atoms with Gasteiger partial charge in [-0.1, -0.05) is 42.5 Å². The van der Waals surface area contributed by atoms with E-state index in [2.05, 4.69) is 27.4 Å². The summed E-state index contributed by atoms with van der Waals surface area (Å²) in [5, 5.41) is 7.27. The van der Waals surface area contributed by atoms with Crippen molar-refractivity contribution in [2.45, 2.75) is 31.2 Å². The van der Waals surface area contributed by atoms with Crippen molar-refractivity contribution in [2.24, 2.45) is 0 Å². The molecular weight excluding hydrogens is 471 g/mol. The van der Waals surface area contributed by atoms with Crippen molar-refractivity contribution in [3.8, 4) is 5.75 Å². The molecule has 1 saturated heterocycles. The van der Waals surface area contributed by atoms with E-state index in [0.29, 0.717) is 37.5 Å². The molecule has 0 unspecified atom stereocenters. The number of piperazine rings is 1. The van der Waals surface area contributed by atoms with E-state index in [0.717, 1.165) is 11.2 Å². The van der Waals surface area contributed by atoms with Gasteiger partial charge in [0.15, 0.2) is 11.7 Å². The predicted molar refractivity (Wildman–Crippen MR) is 129 cm³/mol. The molecule has 0 aliphatic carbocycles. The SMILES string of the molecule is COc1ccc([C@@H]2C[C@@H](C(F)(F)F)n3nc(C(=O)N4CCN(Cc5ccccc5)CC4)cc3N2)cc1. The Morgan fingerprint density at radius 2 is 1.75 bits per heavy atom. The molecule has 2 aliphatic heterocycles. The molecule has 1 amide bonds. The zero-order valence-corrected chi connectivity index (χ0v) is 19.9. The van der Waals surface area contributed by atoms with E-state index < -0.39 is 18.3 Å². The van der Waals surface area contributed by atoms with Crippen LogP contribution in [-0.2, 0) is 6.54 Å². The lowest BCUT2D eigenvalue weighted by molar-refractivity contribution is -0.173. The van der Waals surface area contributed by atoms with Crippen molar-refractivity contribution in [1.82, 2.24) is 19.6 Å². The highest BCUT2D eigenvalue weighted by Gasteiger charge is 2.47. The zero-order chi connectivity index (χ0) is 25.3. The third-order valence-electron chi connectivity index (χ3n) is 6.84. The average molecular weight is 500 g/mol. The third-order valence-corrected chi connectivity index (χ3v) is 6.84. The molecule has 3 heterocycles. The topological polar surface area (TPSA) is 62.6 Å². The molecule has 7 nitrogen and oxygen atoms in total. The average Bonchev–Trinajstić information content (AvgIpc) is 3.32. The van der Waals surface area contributed by atoms with Crippen LogP contribution in [0.2, 0.25) is 0 Å². The summed E-state index contributed by atoms with van der Waals surface area (Å²) >= 11 is 0. The first-order valence-corrected chi connectivity index (χ1v) is 11.9. The number of carbonyl (C=O) groups is 1. The number of nitrogens with zero attached hydrogens (tertiary/aromatic N) is 4. The minimum Gasteiger partial charge on any atom is -0.497 e. The van der Waals surface area contributed by atoms with Gasteiger partial charge in [0.25, 0.3) is 5.91 Å². The summed E-state index contributed by atoms with van der Waals surface area (Å²) < 4.78 is 48.1. The number of methoxy groups -OCH3 is 1. The van der Waals surface area contributed by atoms with Gasteiger partial charge in [-0.2, -0.15) is 18.3 Å². The van der Waals surface area contributed by atoms with Gasteiger partial charge in [0.05, 0.1) is 13.2 Å². The summed E-state index contributed by atoms with van der Waals surface area (Å²) in [7, 11) is 1.54. The van der Waals surface area contributed by atoms with Gasteiger partial charge in [0.2, 0.25) is 0 Å². The molecule has 0 radical (unpaired) electrons. The summed E-state index contributed by atoms with van der Waals surface area (Å²) in [6.45, 7) is 3.18. The van der Waals surface area contributed by atoms with Gasteiger partial charge in [-0.05, 0) is 23.3 Å². The number of benzene rings is 2. The van der Waals surface area contributed by atoms with Crippen molar-refractivity contribution >= 4 is 11.7 Å². The summed E-state index contributed by atoms with van der Waals surface area (Å²) in [5.74, 6) is 0.471. The van der Waals surface area contributed by atoms with Crippen LogP contribution in [0.5, 0.6) is 5.75 Å². The Hall–Kier alpha value is -3.53. The van der Waals surface area contributed by atoms with E-state index in [-0.39, 0.29) is 23.8 Å². The second kappa shape index (κ2) is 9.85. The number of nitrogens with one attached hydrogen (secondary N) is 1. The molecule has 2 aromatic carbocycles. The van der Waals surface area contributed by atoms with Gasteiger partial charge in [0, 0.05) is 45.2 Å². The van der Waals surface area contributed by atoms with Gasteiger partial charge < -0.3 is 15.0 Å². The highest BCUT2D eigenvalue weighted by Crippen LogP contribution is 2.43. The highest BCUT2D eigenvalue weighted by molar-refractivity contribution is 5.93. The van der Waals surface area contributed by atoms with Gasteiger partial charge in [0.1, 0.15) is 11.6 Å². The molecule has 1 N–H and O–H groups in total. The van der Waals surface area contributed by atoms with E-state index in [1.54, 1.807) is 29.2 Å². The fraction of sp³-hybridized carbons (Fsp3) is 0.385. The monoisotopic (exact) mass is 499 g/mol. The Balaban J connectivity index is 1.30. The van der Waals surface area contributed by atoms with Crippen LogP contribution in [-0.4, -0.2) is 65.0 Å². The standard InChI is InChI=1S/C26H28F3N5O2/c1-36-20-9-7-19(8-10-20)21-15-23(26(27,28)29)34-24(30-21)16-22(31-34)25(35)33-13-11-32(12-14-33)17-18-5-3-2-4-6-18/h2-10,16,21,23,30H,11-15,17H2,1H3/t21-,23-/m0/s1. The lowest BCUT2D eigenvalue weighted by atomic mass is 9.97. The summed E-state index contributed by atoms with van der Waals surface area (Å²) in [4.78, 5) is 17.1. The van der Waals surface area contributed by atoms with Crippen LogP contribution in [0.1, 0.15) is 40.1 Å². The molecule has 1 fully saturated rings. The first-order chi connectivity index (χ1) is 17.3. The summed E-state index contributed by atoms with van der Waals surface area (Å²) in [6, 6.07) is 16.1. The van der Waals surface area contributed by atoms with E-state index in [9.17, 15) is 18.0 Å². The number of aromatic nitrogens is 2. The van der Waals surface area contributed by atoms with Crippen LogP contribution in [0, 0.1) is 0 Å². The summed E-state index contributed by atoms with van der Waals surface area (Å²) in [6.07, 6.45) is -4.73. The fourth-order valence-electron chi connectivity index (χ4n) is 4.85. The molecule has 1 aromatic heterocycles. The molecule has 2 atom stereocenters. The number of halogens is 3. The molecule has 190 valence electrons. The van der Waals surface area contributed by atoms with Crippen LogP contribution in [0.4, 0.5) is 19.0 Å². The number of amides is 1. The number of alkyl halides is 3. The molecular formula is C26H28F3N5O2. The molecule has 5 rings (SSSR count). The minimum atomic E-state index is -4.50. The zero-order valence-electron chi connectivity index (χ0n) is 19.9. The molecule has 36 heavy (non-hydrogen) atoms. The quantitative estimate of drug-likeness (QED) is 0.560. The van der Waals surface area contributed by atoms with E-state index in [1.807, 2.05) is 18.2 Å². The van der Waals surface area contributed by atoms with E-state index in [4.69, 9.17) is 4.74 Å². The molecule has 3 aromatic rings. The number of carbonyl (C=O) groups excluding carboxylic acids is 1. The lowest BCUT2D eigenvalue weighted by Gasteiger charge is -2.34. The largest absolute Gasteiger partial charge is 0.497 e. The van der Waals surface area contributed by atoms with Gasteiger partial charge >= 0.3 is 6.18 Å². The number of fused-ring (bicyclic) bond motifs is 1. The molecule has 10 heteroatoms. The second-order valence-electron chi connectivity index (χ2n) is 9.18. The van der Waals surface area contributed by atoms with Crippen molar-refractivity contribution in [3.05, 3.63) is 77.5 Å². The number of hydrogen-bond donors (Lipinski definition) is 1. The fourth-order valence-corrected chi connectivity index (χ4v) is 4.85. The van der Waals surface area contributed by atoms with Crippen LogP contribution in [0.3, 0.4) is 0 Å². The van der Waals surface area contributed by atoms with Crippen LogP contribution >= 0.6 is 0 Å². The Bertz CT molecular complexity index is 1190. The molecule has 0 bridgehead atoms. The van der Waals surface area contributed by atoms with Crippen molar-refractivity contribution < 1.29 is 22.7 Å². The third kappa shape index (κ3) is 5.04. The molecule has 2 aliphatic rings. The maximum Gasteiger partial charge on any atom is 0.410 e. The minimum absolute atomic E-state index is 0.0265. The Kier molecular flexibility index (Phi) is 6.61. The van der Waals surface area contributed by atoms with Gasteiger partial charge in [-0.3, -0.25) is 9.69 Å². The van der Waals surface area contributed by atoms with Crippen LogP contribution < -0.4 is 10.1 Å². The molecule has 0 spiro atoms. The molecule has 0 saturated carbocycles. The first kappa shape index (κ1) is 24.2. The summed E-state index contributed by atoms with van der Waals surface area (Å²) in [5.41, 5.74) is 1.94. The van der Waals surface area contributed by atoms with Crippen molar-refractivity contribution in [2.75, 3.05) is 38.6 Å². The number of anilines is 1. The normalized spacial score (nSPS) is 20.5.